The van der Waals surface area contributed by atoms with Crippen molar-refractivity contribution in [2.24, 2.45) is 5.73 Å². The fraction of sp³-hybridized carbons (Fsp3) is 0.250. The molecular formula is C8H7BrFN3. The Kier molecular flexibility index (Phi) is 3.34. The largest absolute Gasteiger partial charge is 0.322 e. The molecule has 0 fully saturated rings. The lowest BCUT2D eigenvalue weighted by atomic mass is 10.1. The Morgan fingerprint density at radius 1 is 1.77 bits per heavy atom. The van der Waals surface area contributed by atoms with Crippen LogP contribution in [-0.4, -0.2) is 4.98 Å². The van der Waals surface area contributed by atoms with Crippen LogP contribution in [0.25, 0.3) is 0 Å². The number of aromatic nitrogens is 1. The zero-order valence-electron chi connectivity index (χ0n) is 6.67. The van der Waals surface area contributed by atoms with Gasteiger partial charge >= 0.3 is 0 Å². The molecule has 1 heterocycles. The molecule has 0 aliphatic carbocycles. The summed E-state index contributed by atoms with van der Waals surface area (Å²) in [6, 6.07) is 2.49. The van der Waals surface area contributed by atoms with Crippen LogP contribution in [0.4, 0.5) is 4.39 Å². The first-order valence-corrected chi connectivity index (χ1v) is 4.38. The van der Waals surface area contributed by atoms with E-state index in [-0.39, 0.29) is 12.1 Å². The van der Waals surface area contributed by atoms with E-state index in [0.29, 0.717) is 4.47 Å². The fourth-order valence-electron chi connectivity index (χ4n) is 0.893. The summed E-state index contributed by atoms with van der Waals surface area (Å²) in [5.74, 6) is -0.489. The van der Waals surface area contributed by atoms with Gasteiger partial charge < -0.3 is 5.73 Å². The van der Waals surface area contributed by atoms with Crippen molar-refractivity contribution >= 4 is 15.9 Å². The average Bonchev–Trinajstić information content (AvgIpc) is 2.04. The molecule has 0 saturated carbocycles. The van der Waals surface area contributed by atoms with Gasteiger partial charge in [-0.25, -0.2) is 4.39 Å². The van der Waals surface area contributed by atoms with Crippen LogP contribution in [0.5, 0.6) is 0 Å². The zero-order valence-corrected chi connectivity index (χ0v) is 8.25. The number of nitrogens with two attached hydrogens (primary N) is 1. The van der Waals surface area contributed by atoms with Gasteiger partial charge in [-0.1, -0.05) is 0 Å². The molecule has 0 aliphatic rings. The van der Waals surface area contributed by atoms with E-state index in [1.54, 1.807) is 0 Å². The summed E-state index contributed by atoms with van der Waals surface area (Å²) in [5, 5.41) is 8.35. The molecule has 1 atom stereocenters. The molecule has 5 heteroatoms. The Morgan fingerprint density at radius 2 is 2.46 bits per heavy atom. The summed E-state index contributed by atoms with van der Waals surface area (Å²) in [5.41, 5.74) is 5.65. The lowest BCUT2D eigenvalue weighted by Crippen LogP contribution is -2.13. The van der Waals surface area contributed by atoms with Gasteiger partial charge in [0.25, 0.3) is 0 Å². The highest BCUT2D eigenvalue weighted by atomic mass is 79.9. The van der Waals surface area contributed by atoms with E-state index in [0.717, 1.165) is 0 Å². The van der Waals surface area contributed by atoms with E-state index in [1.165, 1.54) is 12.3 Å². The van der Waals surface area contributed by atoms with Crippen molar-refractivity contribution in [2.45, 2.75) is 12.5 Å². The van der Waals surface area contributed by atoms with E-state index in [9.17, 15) is 4.39 Å². The predicted octanol–water partition coefficient (Wildman–Crippen LogP) is 1.90. The first-order chi connectivity index (χ1) is 6.15. The van der Waals surface area contributed by atoms with Crippen LogP contribution < -0.4 is 5.73 Å². The summed E-state index contributed by atoms with van der Waals surface area (Å²) in [6.07, 6.45) is 1.52. The van der Waals surface area contributed by atoms with Gasteiger partial charge in [-0.05, 0) is 22.0 Å². The third kappa shape index (κ3) is 2.47. The standard InChI is InChI=1S/C8H7BrFN3/c9-5-3-6(10)8(13-4-5)7(12)1-2-11/h3-4,7H,1,12H2. The molecule has 0 bridgehead atoms. The molecule has 0 aromatic carbocycles. The van der Waals surface area contributed by atoms with Gasteiger partial charge in [-0.15, -0.1) is 0 Å². The van der Waals surface area contributed by atoms with E-state index in [2.05, 4.69) is 20.9 Å². The van der Waals surface area contributed by atoms with Gasteiger partial charge in [0.05, 0.1) is 24.2 Å². The smallest absolute Gasteiger partial charge is 0.147 e. The minimum absolute atomic E-state index is 0.0611. The molecule has 0 radical (unpaired) electrons. The monoisotopic (exact) mass is 243 g/mol. The number of halogens is 2. The van der Waals surface area contributed by atoms with Crippen molar-refractivity contribution in [1.29, 1.82) is 5.26 Å². The maximum atomic E-state index is 13.1. The number of nitrogens with zero attached hydrogens (tertiary/aromatic N) is 2. The number of hydrogen-bond donors (Lipinski definition) is 1. The second-order valence-corrected chi connectivity index (χ2v) is 3.41. The van der Waals surface area contributed by atoms with Gasteiger partial charge in [0.15, 0.2) is 0 Å². The minimum atomic E-state index is -0.655. The summed E-state index contributed by atoms with van der Waals surface area (Å²) >= 11 is 3.08. The van der Waals surface area contributed by atoms with E-state index >= 15 is 0 Å². The predicted molar refractivity (Wildman–Crippen MR) is 49.1 cm³/mol. The Labute approximate surface area is 83.5 Å². The highest BCUT2D eigenvalue weighted by Gasteiger charge is 2.12. The molecule has 0 spiro atoms. The van der Waals surface area contributed by atoms with Crippen LogP contribution in [-0.2, 0) is 0 Å². The molecular weight excluding hydrogens is 237 g/mol. The van der Waals surface area contributed by atoms with Crippen molar-refractivity contribution < 1.29 is 4.39 Å². The third-order valence-electron chi connectivity index (χ3n) is 1.50. The average molecular weight is 244 g/mol. The van der Waals surface area contributed by atoms with Gasteiger partial charge in [0.1, 0.15) is 5.82 Å². The lowest BCUT2D eigenvalue weighted by molar-refractivity contribution is 0.568. The summed E-state index contributed by atoms with van der Waals surface area (Å²) in [4.78, 5) is 3.80. The topological polar surface area (TPSA) is 62.7 Å². The van der Waals surface area contributed by atoms with Gasteiger partial charge in [0, 0.05) is 10.7 Å². The zero-order chi connectivity index (χ0) is 9.84. The van der Waals surface area contributed by atoms with Crippen molar-refractivity contribution in [3.05, 3.63) is 28.2 Å². The van der Waals surface area contributed by atoms with E-state index in [4.69, 9.17) is 11.0 Å². The quantitative estimate of drug-likeness (QED) is 0.863. The molecule has 3 nitrogen and oxygen atoms in total. The molecule has 0 aliphatic heterocycles. The van der Waals surface area contributed by atoms with Gasteiger partial charge in [-0.3, -0.25) is 4.98 Å². The Morgan fingerprint density at radius 3 is 3.00 bits per heavy atom. The molecule has 13 heavy (non-hydrogen) atoms. The minimum Gasteiger partial charge on any atom is -0.322 e. The molecule has 1 aromatic heterocycles. The van der Waals surface area contributed by atoms with Crippen molar-refractivity contribution in [3.8, 4) is 6.07 Å². The highest BCUT2D eigenvalue weighted by Crippen LogP contribution is 2.18. The number of hydrogen-bond acceptors (Lipinski definition) is 3. The van der Waals surface area contributed by atoms with Crippen LogP contribution in [0, 0.1) is 17.1 Å². The maximum absolute atomic E-state index is 13.1. The molecule has 1 aromatic rings. The summed E-state index contributed by atoms with van der Waals surface area (Å²) in [6.45, 7) is 0. The second-order valence-electron chi connectivity index (χ2n) is 2.49. The van der Waals surface area contributed by atoms with Crippen LogP contribution in [0.2, 0.25) is 0 Å². The second kappa shape index (κ2) is 4.30. The van der Waals surface area contributed by atoms with Crippen molar-refractivity contribution in [1.82, 2.24) is 4.98 Å². The Hall–Kier alpha value is -0.990. The Bertz CT molecular complexity index is 348. The lowest BCUT2D eigenvalue weighted by Gasteiger charge is -2.07. The van der Waals surface area contributed by atoms with Crippen LogP contribution >= 0.6 is 15.9 Å². The third-order valence-corrected chi connectivity index (χ3v) is 1.93. The van der Waals surface area contributed by atoms with Gasteiger partial charge in [0.2, 0.25) is 0 Å². The first-order valence-electron chi connectivity index (χ1n) is 3.58. The van der Waals surface area contributed by atoms with Crippen LogP contribution in [0.3, 0.4) is 0 Å². The van der Waals surface area contributed by atoms with Gasteiger partial charge in [-0.2, -0.15) is 5.26 Å². The Balaban J connectivity index is 2.96. The van der Waals surface area contributed by atoms with Crippen molar-refractivity contribution in [3.63, 3.8) is 0 Å². The fourth-order valence-corrected chi connectivity index (χ4v) is 1.20. The molecule has 1 rings (SSSR count). The molecule has 1 unspecified atom stereocenters. The van der Waals surface area contributed by atoms with Crippen LogP contribution in [0.15, 0.2) is 16.7 Å². The maximum Gasteiger partial charge on any atom is 0.147 e. The summed E-state index contributed by atoms with van der Waals surface area (Å²) < 4.78 is 13.7. The molecule has 0 saturated heterocycles. The molecule has 2 N–H and O–H groups in total. The number of rotatable bonds is 2. The number of pyridine rings is 1. The highest BCUT2D eigenvalue weighted by molar-refractivity contribution is 9.10. The van der Waals surface area contributed by atoms with E-state index < -0.39 is 11.9 Å². The van der Waals surface area contributed by atoms with Crippen LogP contribution in [0.1, 0.15) is 18.2 Å². The van der Waals surface area contributed by atoms with Crippen molar-refractivity contribution in [2.75, 3.05) is 0 Å². The first kappa shape index (κ1) is 10.1. The normalized spacial score (nSPS) is 12.2. The number of nitriles is 1. The SMILES string of the molecule is N#CCC(N)c1ncc(Br)cc1F. The summed E-state index contributed by atoms with van der Waals surface area (Å²) in [7, 11) is 0. The molecule has 68 valence electrons. The molecule has 0 amide bonds. The van der Waals surface area contributed by atoms with E-state index in [1.807, 2.05) is 6.07 Å².